The fourth-order valence-electron chi connectivity index (χ4n) is 5.05. The maximum absolute atomic E-state index is 13.1. The highest BCUT2D eigenvalue weighted by Crippen LogP contribution is 2.35. The Morgan fingerprint density at radius 3 is 2.31 bits per heavy atom. The Balaban J connectivity index is 1.65. The molecule has 0 spiro atoms. The third-order valence-electron chi connectivity index (χ3n) is 7.66. The predicted octanol–water partition coefficient (Wildman–Crippen LogP) is 0.307. The van der Waals surface area contributed by atoms with Crippen LogP contribution in [0.25, 0.3) is 0 Å². The molecule has 1 aliphatic heterocycles. The van der Waals surface area contributed by atoms with Crippen molar-refractivity contribution < 1.29 is 58.1 Å². The van der Waals surface area contributed by atoms with Gasteiger partial charge in [0.05, 0.1) is 71.4 Å². The van der Waals surface area contributed by atoms with Crippen molar-refractivity contribution in [3.05, 3.63) is 70.7 Å². The second-order valence-corrected chi connectivity index (χ2v) is 11.9. The van der Waals surface area contributed by atoms with Crippen molar-refractivity contribution in [2.24, 2.45) is 0 Å². The van der Waals surface area contributed by atoms with E-state index in [1.807, 2.05) is 0 Å². The van der Waals surface area contributed by atoms with Crippen LogP contribution in [-0.4, -0.2) is 129 Å². The van der Waals surface area contributed by atoms with E-state index in [0.29, 0.717) is 36.0 Å². The van der Waals surface area contributed by atoms with Gasteiger partial charge in [0.1, 0.15) is 18.8 Å². The van der Waals surface area contributed by atoms with E-state index >= 15 is 0 Å². The lowest BCUT2D eigenvalue weighted by molar-refractivity contribution is -0.314. The number of carbonyl (C=O) groups is 3. The molecule has 1 heterocycles. The number of carbonyl (C=O) groups excluding carboxylic acids is 3. The summed E-state index contributed by atoms with van der Waals surface area (Å²) in [6, 6.07) is 13.3. The van der Waals surface area contributed by atoms with Gasteiger partial charge in [0.25, 0.3) is 5.79 Å². The molecule has 1 fully saturated rings. The summed E-state index contributed by atoms with van der Waals surface area (Å²) in [5.41, 5.74) is 1.34. The van der Waals surface area contributed by atoms with E-state index in [0.717, 1.165) is 7.11 Å². The van der Waals surface area contributed by atoms with Crippen LogP contribution in [0.15, 0.2) is 54.6 Å². The predicted molar refractivity (Wildman–Crippen MR) is 183 cm³/mol. The van der Waals surface area contributed by atoms with E-state index in [9.17, 15) is 29.7 Å². The fraction of sp³-hybridized carbons (Fsp3) is 0.514. The molecule has 0 aliphatic carbocycles. The highest BCUT2D eigenvalue weighted by atomic mass is 35.5. The number of amides is 3. The van der Waals surface area contributed by atoms with Crippen LogP contribution < -0.4 is 16.0 Å². The minimum Gasteiger partial charge on any atom is -0.465 e. The molecule has 15 nitrogen and oxygen atoms in total. The molecule has 0 saturated carbocycles. The summed E-state index contributed by atoms with van der Waals surface area (Å²) >= 11 is 5.90. The van der Waals surface area contributed by atoms with E-state index in [-0.39, 0.29) is 39.4 Å². The molecule has 2 aromatic rings. The third-order valence-corrected chi connectivity index (χ3v) is 7.91. The van der Waals surface area contributed by atoms with Crippen molar-refractivity contribution in [3.8, 4) is 12.3 Å². The maximum atomic E-state index is 13.1. The van der Waals surface area contributed by atoms with Crippen LogP contribution in [-0.2, 0) is 51.0 Å². The number of methoxy groups -OCH3 is 1. The quantitative estimate of drug-likeness (QED) is 0.0583. The fourth-order valence-corrected chi connectivity index (χ4v) is 5.18. The average Bonchev–Trinajstić information content (AvgIpc) is 3.13. The van der Waals surface area contributed by atoms with E-state index in [2.05, 4.69) is 21.9 Å². The lowest BCUT2D eigenvalue weighted by Gasteiger charge is -2.47. The smallest absolute Gasteiger partial charge is 0.366 e. The van der Waals surface area contributed by atoms with Gasteiger partial charge in [0.2, 0.25) is 5.91 Å². The molecular formula is C35H46ClN3O12. The Kier molecular flexibility index (Phi) is 18.1. The number of hydrogen-bond donors (Lipinski definition) is 6. The minimum absolute atomic E-state index is 0.0272. The molecule has 0 bridgehead atoms. The van der Waals surface area contributed by atoms with E-state index < -0.39 is 67.1 Å². The highest BCUT2D eigenvalue weighted by Gasteiger charge is 2.56. The summed E-state index contributed by atoms with van der Waals surface area (Å²) in [6.45, 7) is 1.10. The summed E-state index contributed by atoms with van der Waals surface area (Å²) in [4.78, 5) is 38.6. The first-order valence-electron chi connectivity index (χ1n) is 16.3. The molecule has 6 N–H and O–H groups in total. The SMILES string of the molecule is C#CCOCCOCCOCCNC(=O)N[C@H]1[C@H]([C@H](O)[C@H](O)CNC(=O)Cc2ccc(Cl)cc2)O[C@@](OCc2ccccc2)(C(=O)OC)C[C@@H]1O. The van der Waals surface area contributed by atoms with Gasteiger partial charge in [-0.15, -0.1) is 6.42 Å². The number of rotatable bonds is 21. The monoisotopic (exact) mass is 735 g/mol. The Morgan fingerprint density at radius 1 is 0.980 bits per heavy atom. The molecular weight excluding hydrogens is 690 g/mol. The number of halogens is 1. The first-order chi connectivity index (χ1) is 24.6. The van der Waals surface area contributed by atoms with Crippen molar-refractivity contribution in [3.63, 3.8) is 0 Å². The van der Waals surface area contributed by atoms with Gasteiger partial charge >= 0.3 is 12.0 Å². The van der Waals surface area contributed by atoms with Crippen LogP contribution in [0, 0.1) is 12.3 Å². The first kappa shape index (κ1) is 41.6. The lowest BCUT2D eigenvalue weighted by atomic mass is 9.88. The number of nitrogens with one attached hydrogen (secondary N) is 3. The number of aliphatic hydroxyl groups is 3. The van der Waals surface area contributed by atoms with Gasteiger partial charge in [-0.3, -0.25) is 4.79 Å². The Hall–Kier alpha value is -3.82. The Bertz CT molecular complexity index is 1400. The molecule has 2 aromatic carbocycles. The number of terminal acetylenes is 1. The van der Waals surface area contributed by atoms with Gasteiger partial charge in [-0.2, -0.15) is 0 Å². The largest absolute Gasteiger partial charge is 0.465 e. The van der Waals surface area contributed by atoms with E-state index in [4.69, 9.17) is 46.4 Å². The number of urea groups is 1. The van der Waals surface area contributed by atoms with Crippen molar-refractivity contribution in [1.29, 1.82) is 0 Å². The Morgan fingerprint density at radius 2 is 1.65 bits per heavy atom. The third kappa shape index (κ3) is 14.0. The summed E-state index contributed by atoms with van der Waals surface area (Å²) < 4.78 is 32.8. The minimum atomic E-state index is -2.23. The van der Waals surface area contributed by atoms with Gasteiger partial charge in [-0.05, 0) is 23.3 Å². The van der Waals surface area contributed by atoms with E-state index in [1.165, 1.54) is 0 Å². The second kappa shape index (κ2) is 22.2. The van der Waals surface area contributed by atoms with Gasteiger partial charge in [-0.1, -0.05) is 60.0 Å². The van der Waals surface area contributed by atoms with Crippen LogP contribution in [0.4, 0.5) is 4.79 Å². The molecule has 6 atom stereocenters. The number of benzene rings is 2. The molecule has 0 aromatic heterocycles. The topological polar surface area (TPSA) is 203 Å². The zero-order valence-corrected chi connectivity index (χ0v) is 29.1. The van der Waals surface area contributed by atoms with Crippen LogP contribution >= 0.6 is 11.6 Å². The zero-order chi connectivity index (χ0) is 37.1. The first-order valence-corrected chi connectivity index (χ1v) is 16.7. The Labute approximate surface area is 301 Å². The van der Waals surface area contributed by atoms with Crippen LogP contribution in [0.5, 0.6) is 0 Å². The lowest BCUT2D eigenvalue weighted by Crippen LogP contribution is -2.69. The standard InChI is InChI=1S/C35H46ClN3O12/c1-3-14-47-16-18-49-19-17-48-15-13-37-34(45)39-30-27(40)21-35(33(44)46-2,50-23-25-7-5-4-6-8-25)51-32(30)31(43)28(41)22-38-29(42)20-24-9-11-26(36)12-10-24/h1,4-12,27-28,30-32,40-41,43H,13-23H2,2H3,(H,38,42)(H2,37,39,45)/t27-,28+,30+,31+,32+,35+/m0/s1. The van der Waals surface area contributed by atoms with Crippen LogP contribution in [0.1, 0.15) is 17.5 Å². The van der Waals surface area contributed by atoms with Crippen molar-refractivity contribution in [1.82, 2.24) is 16.0 Å². The molecule has 280 valence electrons. The summed E-state index contributed by atoms with van der Waals surface area (Å²) in [6.07, 6.45) is -2.12. The van der Waals surface area contributed by atoms with Crippen LogP contribution in [0.3, 0.4) is 0 Å². The number of esters is 1. The summed E-state index contributed by atoms with van der Waals surface area (Å²) in [5, 5.41) is 41.8. The molecule has 1 aliphatic rings. The highest BCUT2D eigenvalue weighted by molar-refractivity contribution is 6.30. The van der Waals surface area contributed by atoms with Gasteiger partial charge in [-0.25, -0.2) is 9.59 Å². The zero-order valence-electron chi connectivity index (χ0n) is 28.3. The number of aliphatic hydroxyl groups excluding tert-OH is 3. The summed E-state index contributed by atoms with van der Waals surface area (Å²) in [7, 11) is 1.10. The second-order valence-electron chi connectivity index (χ2n) is 11.4. The van der Waals surface area contributed by atoms with Crippen molar-refractivity contribution in [2.45, 2.75) is 55.7 Å². The van der Waals surface area contributed by atoms with Gasteiger partial charge in [0, 0.05) is 24.5 Å². The van der Waals surface area contributed by atoms with Crippen molar-refractivity contribution in [2.75, 3.05) is 59.8 Å². The normalized spacial score (nSPS) is 21.1. The van der Waals surface area contributed by atoms with Gasteiger partial charge < -0.3 is 59.7 Å². The van der Waals surface area contributed by atoms with Gasteiger partial charge in [0.15, 0.2) is 0 Å². The molecule has 1 saturated heterocycles. The number of hydrogen-bond acceptors (Lipinski definition) is 12. The summed E-state index contributed by atoms with van der Waals surface area (Å²) in [5.74, 6) is -1.35. The molecule has 51 heavy (non-hydrogen) atoms. The average molecular weight is 736 g/mol. The molecule has 16 heteroatoms. The molecule has 3 amide bonds. The van der Waals surface area contributed by atoms with Crippen molar-refractivity contribution >= 4 is 29.5 Å². The number of ether oxygens (including phenoxy) is 6. The molecule has 3 rings (SSSR count). The van der Waals surface area contributed by atoms with Crippen LogP contribution in [0.2, 0.25) is 5.02 Å². The molecule has 0 unspecified atom stereocenters. The van der Waals surface area contributed by atoms with E-state index in [1.54, 1.807) is 54.6 Å². The molecule has 0 radical (unpaired) electrons. The maximum Gasteiger partial charge on any atom is 0.366 e.